The molecule has 0 saturated carbocycles. The topological polar surface area (TPSA) is 0 Å². The Morgan fingerprint density at radius 1 is 0.234 bits per heavy atom. The van der Waals surface area contributed by atoms with Gasteiger partial charge in [0.2, 0.25) is 0 Å². The van der Waals surface area contributed by atoms with E-state index in [1.807, 2.05) is 0 Å². The minimum absolute atomic E-state index is 0. The first-order valence-corrected chi connectivity index (χ1v) is 19.9. The molecule has 0 amide bonds. The first kappa shape index (κ1) is 32.8. The largest absolute Gasteiger partial charge is 1.00 e. The van der Waals surface area contributed by atoms with Gasteiger partial charge in [-0.05, 0) is 83.9 Å². The van der Waals surface area contributed by atoms with Crippen LogP contribution in [0.3, 0.4) is 0 Å². The molecule has 230 valence electrons. The van der Waals surface area contributed by atoms with E-state index in [0.717, 1.165) is 12.3 Å². The van der Waals surface area contributed by atoms with Crippen molar-refractivity contribution in [1.29, 1.82) is 0 Å². The Morgan fingerprint density at radius 3 is 0.574 bits per heavy atom. The van der Waals surface area contributed by atoms with Crippen molar-refractivity contribution < 1.29 is 17.0 Å². The monoisotopic (exact) mass is 707 g/mol. The molecule has 0 bridgehead atoms. The molecule has 0 atom stereocenters. The van der Waals surface area contributed by atoms with Gasteiger partial charge in [-0.1, -0.05) is 133 Å². The van der Waals surface area contributed by atoms with E-state index in [-0.39, 0.29) is 17.0 Å². The fourth-order valence-electron chi connectivity index (χ4n) is 6.83. The zero-order chi connectivity index (χ0) is 31.1. The van der Waals surface area contributed by atoms with E-state index in [2.05, 4.69) is 206 Å². The third-order valence-corrected chi connectivity index (χ3v) is 17.8. The van der Waals surface area contributed by atoms with E-state index < -0.39 is 14.5 Å². The lowest BCUT2D eigenvalue weighted by Gasteiger charge is -2.29. The summed E-state index contributed by atoms with van der Waals surface area (Å²) >= 11 is 0. The van der Waals surface area contributed by atoms with Crippen molar-refractivity contribution in [3.05, 3.63) is 217 Å². The van der Waals surface area contributed by atoms with Gasteiger partial charge in [-0.2, -0.15) is 0 Å². The van der Waals surface area contributed by atoms with Gasteiger partial charge in [-0.3, -0.25) is 0 Å². The maximum atomic E-state index is 2.40. The van der Waals surface area contributed by atoms with E-state index in [1.54, 1.807) is 0 Å². The molecule has 0 saturated heterocycles. The predicted molar refractivity (Wildman–Crippen MR) is 204 cm³/mol. The van der Waals surface area contributed by atoms with Crippen molar-refractivity contribution in [1.82, 2.24) is 0 Å². The number of hydrogen-bond acceptors (Lipinski definition) is 0. The average Bonchev–Trinajstić information content (AvgIpc) is 3.16. The molecular weight excluding hydrogens is 670 g/mol. The van der Waals surface area contributed by atoms with Gasteiger partial charge in [0.15, 0.2) is 0 Å². The first-order chi connectivity index (χ1) is 22.8. The molecule has 3 heteroatoms. The van der Waals surface area contributed by atoms with Crippen LogP contribution in [0.15, 0.2) is 206 Å². The Kier molecular flexibility index (Phi) is 10.6. The first-order valence-electron chi connectivity index (χ1n) is 16.0. The molecule has 0 fully saturated rings. The fourth-order valence-corrected chi connectivity index (χ4v) is 15.3. The molecule has 47 heavy (non-hydrogen) atoms. The van der Waals surface area contributed by atoms with Gasteiger partial charge in [0, 0.05) is 0 Å². The zero-order valence-electron chi connectivity index (χ0n) is 26.3. The summed E-state index contributed by atoms with van der Waals surface area (Å²) in [7, 11) is -3.94. The van der Waals surface area contributed by atoms with E-state index in [9.17, 15) is 0 Å². The summed E-state index contributed by atoms with van der Waals surface area (Å²) in [4.78, 5) is 0. The van der Waals surface area contributed by atoms with Crippen molar-refractivity contribution >= 4 is 46.4 Å². The molecule has 0 aliphatic carbocycles. The van der Waals surface area contributed by atoms with Gasteiger partial charge in [-0.25, -0.2) is 0 Å². The van der Waals surface area contributed by atoms with E-state index >= 15 is 0 Å². The molecule has 0 heterocycles. The number of benzene rings is 7. The van der Waals surface area contributed by atoms with Crippen LogP contribution in [-0.2, 0) is 12.3 Å². The summed E-state index contributed by atoms with van der Waals surface area (Å²) < 4.78 is 0. The Labute approximate surface area is 291 Å². The van der Waals surface area contributed by atoms with Crippen LogP contribution in [0.5, 0.6) is 0 Å². The summed E-state index contributed by atoms with van der Waals surface area (Å²) in [6.07, 6.45) is 1.95. The van der Waals surface area contributed by atoms with Crippen molar-refractivity contribution in [2.75, 3.05) is 0 Å². The van der Waals surface area contributed by atoms with Crippen LogP contribution in [0.2, 0.25) is 0 Å². The summed E-state index contributed by atoms with van der Waals surface area (Å²) in [5.74, 6) is 0. The van der Waals surface area contributed by atoms with Gasteiger partial charge >= 0.3 is 0 Å². The quantitative estimate of drug-likeness (QED) is 0.161. The van der Waals surface area contributed by atoms with Crippen molar-refractivity contribution in [2.24, 2.45) is 0 Å². The molecule has 0 unspecified atom stereocenters. The van der Waals surface area contributed by atoms with Crippen LogP contribution in [0, 0.1) is 0 Å². The molecule has 0 radical (unpaired) electrons. The van der Waals surface area contributed by atoms with Gasteiger partial charge < -0.3 is 17.0 Å². The van der Waals surface area contributed by atoms with Crippen LogP contribution < -0.4 is 48.8 Å². The lowest BCUT2D eigenvalue weighted by molar-refractivity contribution is -0.00000882. The Bertz CT molecular complexity index is 1610. The van der Waals surface area contributed by atoms with Crippen molar-refractivity contribution in [3.63, 3.8) is 0 Å². The predicted octanol–water partition coefficient (Wildman–Crippen LogP) is 5.68. The third-order valence-electron chi connectivity index (χ3n) is 9.04. The summed E-state index contributed by atoms with van der Waals surface area (Å²) in [5, 5.41) is 8.49. The summed E-state index contributed by atoms with van der Waals surface area (Å²) in [6, 6.07) is 76.7. The zero-order valence-corrected chi connectivity index (χ0v) is 29.7. The SMILES string of the molecule is [Br-].c1ccc([P+](Cc2ccc(C[P+](c3ccccc3)(c3ccccc3)c3ccccc3)cc2)(c2ccccc2)c2ccccc2)cc1. The maximum Gasteiger partial charge on any atom is 0.116 e. The average molecular weight is 709 g/mol. The molecule has 0 aliphatic rings. The van der Waals surface area contributed by atoms with Crippen LogP contribution in [-0.4, -0.2) is 0 Å². The Balaban J connectivity index is 0.00000386. The highest BCUT2D eigenvalue weighted by atomic mass is 79.9. The maximum absolute atomic E-state index is 2.40. The number of halogens is 1. The highest BCUT2D eigenvalue weighted by Crippen LogP contribution is 2.59. The Morgan fingerprint density at radius 2 is 0.404 bits per heavy atom. The molecule has 7 rings (SSSR count). The summed E-state index contributed by atoms with van der Waals surface area (Å²) in [6.45, 7) is 0. The molecule has 7 aromatic carbocycles. The minimum atomic E-state index is -1.97. The Hall–Kier alpha value is -4.12. The van der Waals surface area contributed by atoms with Crippen molar-refractivity contribution in [3.8, 4) is 0 Å². The second kappa shape index (κ2) is 15.2. The molecule has 0 aliphatic heterocycles. The number of rotatable bonds is 10. The normalized spacial score (nSPS) is 11.4. The van der Waals surface area contributed by atoms with Gasteiger partial charge in [-0.15, -0.1) is 0 Å². The van der Waals surface area contributed by atoms with Crippen LogP contribution in [0.1, 0.15) is 11.1 Å². The molecule has 0 aromatic heterocycles. The fraction of sp³-hybridized carbons (Fsp3) is 0.0455. The van der Waals surface area contributed by atoms with Crippen LogP contribution in [0.4, 0.5) is 0 Å². The molecule has 0 nitrogen and oxygen atoms in total. The highest BCUT2D eigenvalue weighted by molar-refractivity contribution is 7.95. The lowest BCUT2D eigenvalue weighted by Crippen LogP contribution is -3.00. The number of hydrogen-bond donors (Lipinski definition) is 0. The molecule has 0 N–H and O–H groups in total. The smallest absolute Gasteiger partial charge is 0.116 e. The second-order valence-corrected chi connectivity index (χ2v) is 18.7. The third kappa shape index (κ3) is 6.68. The van der Waals surface area contributed by atoms with Crippen LogP contribution in [0.25, 0.3) is 0 Å². The molecule has 7 aromatic rings. The van der Waals surface area contributed by atoms with Gasteiger partial charge in [0.1, 0.15) is 46.4 Å². The lowest BCUT2D eigenvalue weighted by atomic mass is 10.2. The van der Waals surface area contributed by atoms with Gasteiger partial charge in [0.25, 0.3) is 0 Å². The molecular formula is C44H38BrP2+. The van der Waals surface area contributed by atoms with E-state index in [0.29, 0.717) is 0 Å². The molecule has 0 spiro atoms. The van der Waals surface area contributed by atoms with E-state index in [4.69, 9.17) is 0 Å². The van der Waals surface area contributed by atoms with Crippen LogP contribution >= 0.6 is 14.5 Å². The van der Waals surface area contributed by atoms with Gasteiger partial charge in [0.05, 0.1) is 12.3 Å². The minimum Gasteiger partial charge on any atom is -1.00 e. The second-order valence-electron chi connectivity index (χ2n) is 11.8. The summed E-state index contributed by atoms with van der Waals surface area (Å²) in [5.41, 5.74) is 2.74. The standard InChI is InChI=1S/C44H38P2.BrH/c1-7-19-39(20-8-1)45(40-21-9-2-10-22-40,41-23-11-3-12-24-41)35-37-31-33-38(34-32-37)36-46(42-25-13-4-14-26-42,43-27-15-5-16-28-43)44-29-17-6-18-30-44;/h1-34H,35-36H2;1H/q+2;/p-1. The van der Waals surface area contributed by atoms with E-state index in [1.165, 1.54) is 43.0 Å². The highest BCUT2D eigenvalue weighted by Gasteiger charge is 2.47. The van der Waals surface area contributed by atoms with Crippen molar-refractivity contribution in [2.45, 2.75) is 12.3 Å².